The highest BCUT2D eigenvalue weighted by Gasteiger charge is 2.29. The van der Waals surface area contributed by atoms with Gasteiger partial charge in [-0.1, -0.05) is 20.3 Å². The number of rotatable bonds is 10. The number of thioether (sulfide) groups is 1. The Morgan fingerprint density at radius 1 is 1.18 bits per heavy atom. The fourth-order valence-corrected chi connectivity index (χ4v) is 2.19. The number of carboxylic acid groups (broad SMARTS) is 1. The van der Waals surface area contributed by atoms with E-state index in [0.29, 0.717) is 12.8 Å². The first kappa shape index (κ1) is 20.7. The van der Waals surface area contributed by atoms with Gasteiger partial charge in [0.15, 0.2) is 0 Å². The van der Waals surface area contributed by atoms with Gasteiger partial charge in [-0.3, -0.25) is 14.4 Å². The normalized spacial score (nSPS) is 16.2. The Bertz CT molecular complexity index is 392. The zero-order valence-corrected chi connectivity index (χ0v) is 14.4. The Kier molecular flexibility index (Phi) is 9.84. The molecule has 5 N–H and O–H groups in total. The quantitative estimate of drug-likeness (QED) is 0.453. The first-order valence-corrected chi connectivity index (χ1v) is 8.72. The van der Waals surface area contributed by atoms with Crippen molar-refractivity contribution in [3.63, 3.8) is 0 Å². The predicted octanol–water partition coefficient (Wildman–Crippen LogP) is 0.187. The van der Waals surface area contributed by atoms with Gasteiger partial charge in [-0.25, -0.2) is 0 Å². The maximum Gasteiger partial charge on any atom is 0.325 e. The van der Waals surface area contributed by atoms with E-state index in [1.165, 1.54) is 6.92 Å². The molecule has 22 heavy (non-hydrogen) atoms. The Labute approximate surface area is 135 Å². The van der Waals surface area contributed by atoms with E-state index in [0.717, 1.165) is 5.75 Å². The first-order valence-electron chi connectivity index (χ1n) is 7.32. The highest BCUT2D eigenvalue weighted by molar-refractivity contribution is 7.98. The average molecular weight is 333 g/mol. The van der Waals surface area contributed by atoms with Crippen LogP contribution in [-0.2, 0) is 14.4 Å². The van der Waals surface area contributed by atoms with E-state index in [-0.39, 0.29) is 5.92 Å². The molecule has 0 saturated heterocycles. The zero-order chi connectivity index (χ0) is 17.3. The van der Waals surface area contributed by atoms with Gasteiger partial charge >= 0.3 is 5.97 Å². The summed E-state index contributed by atoms with van der Waals surface area (Å²) in [7, 11) is 0. The third-order valence-corrected chi connectivity index (χ3v) is 4.14. The molecule has 8 heteroatoms. The van der Waals surface area contributed by atoms with Gasteiger partial charge in [-0.2, -0.15) is 11.8 Å². The minimum atomic E-state index is -1.13. The summed E-state index contributed by atoms with van der Waals surface area (Å²) in [5.41, 5.74) is 5.79. The van der Waals surface area contributed by atoms with Gasteiger partial charge in [-0.15, -0.1) is 0 Å². The molecule has 4 unspecified atom stereocenters. The smallest absolute Gasteiger partial charge is 0.325 e. The van der Waals surface area contributed by atoms with Crippen LogP contribution in [0, 0.1) is 5.92 Å². The largest absolute Gasteiger partial charge is 0.480 e. The van der Waals surface area contributed by atoms with E-state index >= 15 is 0 Å². The van der Waals surface area contributed by atoms with E-state index in [4.69, 9.17) is 10.8 Å². The summed E-state index contributed by atoms with van der Waals surface area (Å²) in [6.45, 7) is 5.09. The lowest BCUT2D eigenvalue weighted by atomic mass is 9.97. The summed E-state index contributed by atoms with van der Waals surface area (Å²) < 4.78 is 0. The zero-order valence-electron chi connectivity index (χ0n) is 13.6. The van der Waals surface area contributed by atoms with Crippen LogP contribution in [-0.4, -0.2) is 53.0 Å². The summed E-state index contributed by atoms with van der Waals surface area (Å²) in [5, 5.41) is 13.9. The molecule has 0 aromatic rings. The molecule has 0 aliphatic heterocycles. The van der Waals surface area contributed by atoms with E-state index in [1.54, 1.807) is 11.8 Å². The van der Waals surface area contributed by atoms with E-state index in [1.807, 2.05) is 20.1 Å². The van der Waals surface area contributed by atoms with Crippen molar-refractivity contribution in [3.8, 4) is 0 Å². The topological polar surface area (TPSA) is 122 Å². The molecule has 0 fully saturated rings. The van der Waals surface area contributed by atoms with Crippen LogP contribution in [0.15, 0.2) is 0 Å². The lowest BCUT2D eigenvalue weighted by molar-refractivity contribution is -0.142. The summed E-state index contributed by atoms with van der Waals surface area (Å²) >= 11 is 1.59. The van der Waals surface area contributed by atoms with Gasteiger partial charge in [-0.05, 0) is 31.3 Å². The van der Waals surface area contributed by atoms with Crippen molar-refractivity contribution in [1.82, 2.24) is 10.6 Å². The van der Waals surface area contributed by atoms with Crippen LogP contribution in [0.1, 0.15) is 33.6 Å². The molecule has 0 rings (SSSR count). The molecule has 0 aliphatic rings. The molecule has 0 bridgehead atoms. The van der Waals surface area contributed by atoms with Crippen LogP contribution in [0.4, 0.5) is 0 Å². The van der Waals surface area contributed by atoms with E-state index in [9.17, 15) is 14.4 Å². The number of aliphatic carboxylic acids is 1. The second-order valence-electron chi connectivity index (χ2n) is 5.33. The standard InChI is InChI=1S/C14H27N3O4S/c1-5-8(2)11(13(19)16-9(3)14(20)21)17-12(18)10(15)6-7-22-4/h8-11H,5-7,15H2,1-4H3,(H,16,19)(H,17,18)(H,20,21). The summed E-state index contributed by atoms with van der Waals surface area (Å²) in [4.78, 5) is 35.1. The number of carbonyl (C=O) groups is 3. The predicted molar refractivity (Wildman–Crippen MR) is 87.6 cm³/mol. The molecule has 2 amide bonds. The second-order valence-corrected chi connectivity index (χ2v) is 6.31. The summed E-state index contributed by atoms with van der Waals surface area (Å²) in [6.07, 6.45) is 3.11. The first-order chi connectivity index (χ1) is 10.2. The number of carboxylic acids is 1. The van der Waals surface area contributed by atoms with Crippen LogP contribution in [0.2, 0.25) is 0 Å². The molecule has 0 aromatic heterocycles. The minimum absolute atomic E-state index is 0.127. The third-order valence-electron chi connectivity index (χ3n) is 3.49. The van der Waals surface area contributed by atoms with Gasteiger partial charge in [0.2, 0.25) is 11.8 Å². The SMILES string of the molecule is CCC(C)C(NC(=O)C(N)CCSC)C(=O)NC(C)C(=O)O. The van der Waals surface area contributed by atoms with Crippen molar-refractivity contribution in [3.05, 3.63) is 0 Å². The molecule has 0 radical (unpaired) electrons. The Morgan fingerprint density at radius 3 is 2.23 bits per heavy atom. The minimum Gasteiger partial charge on any atom is -0.480 e. The van der Waals surface area contributed by atoms with Crippen molar-refractivity contribution < 1.29 is 19.5 Å². The van der Waals surface area contributed by atoms with Crippen molar-refractivity contribution >= 4 is 29.5 Å². The van der Waals surface area contributed by atoms with Gasteiger partial charge in [0.25, 0.3) is 0 Å². The molecule has 0 saturated carbocycles. The van der Waals surface area contributed by atoms with Crippen LogP contribution in [0.5, 0.6) is 0 Å². The fraction of sp³-hybridized carbons (Fsp3) is 0.786. The Balaban J connectivity index is 4.80. The average Bonchev–Trinajstić information content (AvgIpc) is 2.48. The number of nitrogens with one attached hydrogen (secondary N) is 2. The number of nitrogens with two attached hydrogens (primary N) is 1. The molecular weight excluding hydrogens is 306 g/mol. The summed E-state index contributed by atoms with van der Waals surface area (Å²) in [6, 6.07) is -2.48. The van der Waals surface area contributed by atoms with Gasteiger partial charge in [0.1, 0.15) is 12.1 Å². The van der Waals surface area contributed by atoms with Crippen LogP contribution >= 0.6 is 11.8 Å². The molecule has 7 nitrogen and oxygen atoms in total. The third kappa shape index (κ3) is 7.13. The van der Waals surface area contributed by atoms with Gasteiger partial charge in [0, 0.05) is 0 Å². The number of carbonyl (C=O) groups excluding carboxylic acids is 2. The van der Waals surface area contributed by atoms with Gasteiger partial charge in [0.05, 0.1) is 6.04 Å². The fourth-order valence-electron chi connectivity index (χ4n) is 1.70. The molecule has 0 aliphatic carbocycles. The Hall–Kier alpha value is -1.28. The molecule has 0 aromatic carbocycles. The molecular formula is C14H27N3O4S. The number of hydrogen-bond acceptors (Lipinski definition) is 5. The van der Waals surface area contributed by atoms with E-state index < -0.39 is 35.9 Å². The monoisotopic (exact) mass is 333 g/mol. The molecule has 0 heterocycles. The Morgan fingerprint density at radius 2 is 1.77 bits per heavy atom. The van der Waals surface area contributed by atoms with Crippen molar-refractivity contribution in [2.24, 2.45) is 11.7 Å². The van der Waals surface area contributed by atoms with Crippen molar-refractivity contribution in [1.29, 1.82) is 0 Å². The lowest BCUT2D eigenvalue weighted by Crippen LogP contribution is -2.56. The number of hydrogen-bond donors (Lipinski definition) is 4. The summed E-state index contributed by atoms with van der Waals surface area (Å²) in [5.74, 6) is -1.39. The number of amides is 2. The highest BCUT2D eigenvalue weighted by atomic mass is 32.2. The molecule has 4 atom stereocenters. The maximum atomic E-state index is 12.2. The molecule has 0 spiro atoms. The molecule has 128 valence electrons. The van der Waals surface area contributed by atoms with Crippen LogP contribution in [0.25, 0.3) is 0 Å². The van der Waals surface area contributed by atoms with Crippen molar-refractivity contribution in [2.75, 3.05) is 12.0 Å². The maximum absolute atomic E-state index is 12.2. The van der Waals surface area contributed by atoms with Gasteiger partial charge < -0.3 is 21.5 Å². The lowest BCUT2D eigenvalue weighted by Gasteiger charge is -2.25. The van der Waals surface area contributed by atoms with Crippen LogP contribution < -0.4 is 16.4 Å². The van der Waals surface area contributed by atoms with Crippen LogP contribution in [0.3, 0.4) is 0 Å². The van der Waals surface area contributed by atoms with Crippen molar-refractivity contribution in [2.45, 2.75) is 51.7 Å². The highest BCUT2D eigenvalue weighted by Crippen LogP contribution is 2.09. The van der Waals surface area contributed by atoms with E-state index in [2.05, 4.69) is 10.6 Å². The second kappa shape index (κ2) is 10.4.